The zero-order chi connectivity index (χ0) is 20.2. The molecule has 1 aromatic heterocycles. The van der Waals surface area contributed by atoms with E-state index in [1.807, 2.05) is 42.6 Å². The Morgan fingerprint density at radius 1 is 1.28 bits per heavy atom. The second kappa shape index (κ2) is 9.19. The van der Waals surface area contributed by atoms with Crippen LogP contribution in [0.1, 0.15) is 12.8 Å². The maximum absolute atomic E-state index is 12.6. The molecule has 1 saturated heterocycles. The van der Waals surface area contributed by atoms with Gasteiger partial charge in [0.1, 0.15) is 6.10 Å². The van der Waals surface area contributed by atoms with Crippen molar-refractivity contribution in [2.75, 3.05) is 24.2 Å². The maximum atomic E-state index is 12.6. The van der Waals surface area contributed by atoms with Crippen molar-refractivity contribution in [2.45, 2.75) is 29.9 Å². The summed E-state index contributed by atoms with van der Waals surface area (Å²) < 4.78 is 1.01. The average Bonchev–Trinajstić information content (AvgIpc) is 3.21. The maximum Gasteiger partial charge on any atom is 0.252 e. The second-order valence-corrected chi connectivity index (χ2v) is 9.21. The fourth-order valence-corrected chi connectivity index (χ4v) is 4.59. The van der Waals surface area contributed by atoms with Crippen molar-refractivity contribution in [1.82, 2.24) is 15.1 Å². The van der Waals surface area contributed by atoms with Gasteiger partial charge in [-0.15, -0.1) is 11.8 Å². The fourth-order valence-electron chi connectivity index (χ4n) is 3.50. The number of halogens is 1. The summed E-state index contributed by atoms with van der Waals surface area (Å²) in [6, 6.07) is 14.3. The molecular weight excluding hydrogens is 452 g/mol. The van der Waals surface area contributed by atoms with E-state index in [2.05, 4.69) is 37.5 Å². The van der Waals surface area contributed by atoms with Crippen molar-refractivity contribution < 1.29 is 9.90 Å². The number of rotatable bonds is 6. The van der Waals surface area contributed by atoms with Gasteiger partial charge in [-0.25, -0.2) is 0 Å². The van der Waals surface area contributed by atoms with E-state index >= 15 is 0 Å². The molecule has 4 rings (SSSR count). The van der Waals surface area contributed by atoms with E-state index in [-0.39, 0.29) is 5.91 Å². The summed E-state index contributed by atoms with van der Waals surface area (Å²) in [5, 5.41) is 22.0. The third kappa shape index (κ3) is 5.12. The molecule has 2 heterocycles. The summed E-state index contributed by atoms with van der Waals surface area (Å²) in [7, 11) is 0. The first-order chi connectivity index (χ1) is 14.1. The lowest BCUT2D eigenvalue weighted by atomic mass is 10.0. The zero-order valence-corrected chi connectivity index (χ0v) is 18.2. The van der Waals surface area contributed by atoms with E-state index in [0.29, 0.717) is 24.9 Å². The lowest BCUT2D eigenvalue weighted by molar-refractivity contribution is -0.139. The molecule has 0 saturated carbocycles. The molecule has 0 spiro atoms. The Kier molecular flexibility index (Phi) is 6.42. The third-order valence-corrected chi connectivity index (χ3v) is 6.74. The number of anilines is 1. The van der Waals surface area contributed by atoms with Crippen LogP contribution in [-0.2, 0) is 4.79 Å². The van der Waals surface area contributed by atoms with Gasteiger partial charge in [0, 0.05) is 45.3 Å². The number of piperidine rings is 1. The standard InChI is InChI=1S/C21H23BrN4O2S/c22-15-1-4-18(5-2-15)29-13-20(27)21(28)26-9-7-16(8-10-26)24-17-3-6-19-14(11-17)12-23-25-19/h1-6,11-12,16,20,24,27H,7-10,13H2,(H,23,25)/t20-/m1/s1. The number of aromatic amines is 1. The number of nitrogens with zero attached hydrogens (tertiary/aromatic N) is 2. The van der Waals surface area contributed by atoms with Crippen LogP contribution in [0.25, 0.3) is 10.9 Å². The summed E-state index contributed by atoms with van der Waals surface area (Å²) in [5.74, 6) is 0.191. The predicted octanol–water partition coefficient (Wildman–Crippen LogP) is 3.88. The van der Waals surface area contributed by atoms with Crippen molar-refractivity contribution in [3.05, 3.63) is 53.1 Å². The van der Waals surface area contributed by atoms with E-state index < -0.39 is 6.10 Å². The minimum atomic E-state index is -0.975. The molecule has 152 valence electrons. The number of hydrogen-bond donors (Lipinski definition) is 3. The Bertz CT molecular complexity index is 970. The number of amides is 1. The molecule has 0 aliphatic carbocycles. The predicted molar refractivity (Wildman–Crippen MR) is 120 cm³/mol. The van der Waals surface area contributed by atoms with Gasteiger partial charge in [0.25, 0.3) is 5.91 Å². The number of aliphatic hydroxyl groups is 1. The quantitative estimate of drug-likeness (QED) is 0.472. The highest BCUT2D eigenvalue weighted by atomic mass is 79.9. The normalized spacial score (nSPS) is 16.1. The number of aromatic nitrogens is 2. The number of likely N-dealkylation sites (tertiary alicyclic amines) is 1. The van der Waals surface area contributed by atoms with Crippen LogP contribution >= 0.6 is 27.7 Å². The molecule has 1 amide bonds. The molecular formula is C21H23BrN4O2S. The van der Waals surface area contributed by atoms with E-state index in [1.54, 1.807) is 4.90 Å². The number of H-pyrrole nitrogens is 1. The molecule has 8 heteroatoms. The van der Waals surface area contributed by atoms with Crippen molar-refractivity contribution in [1.29, 1.82) is 0 Å². The summed E-state index contributed by atoms with van der Waals surface area (Å²) in [5.41, 5.74) is 2.08. The average molecular weight is 475 g/mol. The smallest absolute Gasteiger partial charge is 0.252 e. The van der Waals surface area contributed by atoms with Crippen LogP contribution in [0.15, 0.2) is 58.0 Å². The highest BCUT2D eigenvalue weighted by Gasteiger charge is 2.27. The monoisotopic (exact) mass is 474 g/mol. The number of benzene rings is 2. The summed E-state index contributed by atoms with van der Waals surface area (Å²) in [6.07, 6.45) is 2.57. The van der Waals surface area contributed by atoms with E-state index in [9.17, 15) is 9.90 Å². The Balaban J connectivity index is 1.24. The number of carbonyl (C=O) groups excluding carboxylic acids is 1. The molecule has 0 bridgehead atoms. The van der Waals surface area contributed by atoms with Gasteiger partial charge in [-0.1, -0.05) is 15.9 Å². The summed E-state index contributed by atoms with van der Waals surface area (Å²) >= 11 is 4.90. The molecule has 1 atom stereocenters. The van der Waals surface area contributed by atoms with Crippen molar-refractivity contribution >= 4 is 50.2 Å². The largest absolute Gasteiger partial charge is 0.382 e. The van der Waals surface area contributed by atoms with Crippen LogP contribution in [-0.4, -0.2) is 57.1 Å². The molecule has 3 aromatic rings. The fraction of sp³-hybridized carbons (Fsp3) is 0.333. The molecule has 0 radical (unpaired) electrons. The first-order valence-corrected chi connectivity index (χ1v) is 11.4. The van der Waals surface area contributed by atoms with E-state index in [1.165, 1.54) is 11.8 Å². The topological polar surface area (TPSA) is 81.2 Å². The minimum Gasteiger partial charge on any atom is -0.382 e. The van der Waals surface area contributed by atoms with Gasteiger partial charge >= 0.3 is 0 Å². The molecule has 29 heavy (non-hydrogen) atoms. The first kappa shape index (κ1) is 20.3. The molecule has 1 aliphatic heterocycles. The van der Waals surface area contributed by atoms with Crippen LogP contribution in [0.5, 0.6) is 0 Å². The van der Waals surface area contributed by atoms with Crippen molar-refractivity contribution in [2.24, 2.45) is 0 Å². The highest BCUT2D eigenvalue weighted by molar-refractivity contribution is 9.10. The number of fused-ring (bicyclic) bond motifs is 1. The van der Waals surface area contributed by atoms with Crippen LogP contribution < -0.4 is 5.32 Å². The Morgan fingerprint density at radius 3 is 2.79 bits per heavy atom. The Labute approximate surface area is 182 Å². The molecule has 1 aliphatic rings. The van der Waals surface area contributed by atoms with Gasteiger partial charge in [0.15, 0.2) is 0 Å². The van der Waals surface area contributed by atoms with Gasteiger partial charge in [0.05, 0.1) is 11.7 Å². The third-order valence-electron chi connectivity index (χ3n) is 5.12. The SMILES string of the molecule is O=C([C@H](O)CSc1ccc(Br)cc1)N1CCC(Nc2ccc3[nH]ncc3c2)CC1. The van der Waals surface area contributed by atoms with Crippen molar-refractivity contribution in [3.63, 3.8) is 0 Å². The zero-order valence-electron chi connectivity index (χ0n) is 15.8. The summed E-state index contributed by atoms with van der Waals surface area (Å²) in [6.45, 7) is 1.31. The number of nitrogens with one attached hydrogen (secondary N) is 2. The Hall–Kier alpha value is -2.03. The van der Waals surface area contributed by atoms with Crippen LogP contribution in [0.2, 0.25) is 0 Å². The Morgan fingerprint density at radius 2 is 2.03 bits per heavy atom. The van der Waals surface area contributed by atoms with E-state index in [4.69, 9.17) is 0 Å². The first-order valence-electron chi connectivity index (χ1n) is 9.63. The molecule has 6 nitrogen and oxygen atoms in total. The van der Waals surface area contributed by atoms with Crippen LogP contribution in [0.4, 0.5) is 5.69 Å². The van der Waals surface area contributed by atoms with Crippen molar-refractivity contribution in [3.8, 4) is 0 Å². The van der Waals surface area contributed by atoms with Gasteiger partial charge < -0.3 is 15.3 Å². The summed E-state index contributed by atoms with van der Waals surface area (Å²) in [4.78, 5) is 15.4. The van der Waals surface area contributed by atoms with Gasteiger partial charge in [-0.2, -0.15) is 5.10 Å². The van der Waals surface area contributed by atoms with Crippen LogP contribution in [0, 0.1) is 0 Å². The lowest BCUT2D eigenvalue weighted by Crippen LogP contribution is -2.47. The van der Waals surface area contributed by atoms with E-state index in [0.717, 1.165) is 38.8 Å². The highest BCUT2D eigenvalue weighted by Crippen LogP contribution is 2.23. The van der Waals surface area contributed by atoms with Gasteiger partial charge in [-0.3, -0.25) is 9.89 Å². The van der Waals surface area contributed by atoms with Gasteiger partial charge in [0.2, 0.25) is 0 Å². The lowest BCUT2D eigenvalue weighted by Gasteiger charge is -2.34. The molecule has 1 fully saturated rings. The number of thioether (sulfide) groups is 1. The minimum absolute atomic E-state index is 0.173. The number of aliphatic hydroxyl groups excluding tert-OH is 1. The molecule has 0 unspecified atom stereocenters. The number of hydrogen-bond acceptors (Lipinski definition) is 5. The molecule has 2 aromatic carbocycles. The molecule has 3 N–H and O–H groups in total. The second-order valence-electron chi connectivity index (χ2n) is 7.20. The van der Waals surface area contributed by atoms with Gasteiger partial charge in [-0.05, 0) is 55.3 Å². The van der Waals surface area contributed by atoms with Crippen LogP contribution in [0.3, 0.4) is 0 Å². The number of carbonyl (C=O) groups is 1.